The van der Waals surface area contributed by atoms with E-state index in [0.29, 0.717) is 22.8 Å². The van der Waals surface area contributed by atoms with Crippen LogP contribution in [0.3, 0.4) is 0 Å². The zero-order chi connectivity index (χ0) is 12.4. The Balaban J connectivity index is 2.90. The Morgan fingerprint density at radius 3 is 2.29 bits per heavy atom. The van der Waals surface area contributed by atoms with Gasteiger partial charge in [0.15, 0.2) is 11.5 Å². The number of ether oxygens (including phenoxy) is 3. The molecule has 0 bridgehead atoms. The molecule has 0 atom stereocenters. The average Bonchev–Trinajstić information content (AvgIpc) is 2.36. The molecule has 0 aliphatic heterocycles. The molecule has 1 aromatic heterocycles. The largest absolute Gasteiger partial charge is 0.494 e. The first-order chi connectivity index (χ1) is 8.21. The predicted molar refractivity (Wildman–Crippen MR) is 64.2 cm³/mol. The van der Waals surface area contributed by atoms with Gasteiger partial charge in [0.2, 0.25) is 5.56 Å². The highest BCUT2D eigenvalue weighted by atomic mass is 16.5. The van der Waals surface area contributed by atoms with Crippen LogP contribution in [0, 0.1) is 0 Å². The minimum absolute atomic E-state index is 0.192. The number of hydrogen-bond acceptors (Lipinski definition) is 4. The quantitative estimate of drug-likeness (QED) is 0.876. The summed E-state index contributed by atoms with van der Waals surface area (Å²) in [5.41, 5.74) is 0.403. The van der Waals surface area contributed by atoms with Gasteiger partial charge in [-0.3, -0.25) is 4.79 Å². The maximum Gasteiger partial charge on any atom is 0.248 e. The summed E-state index contributed by atoms with van der Waals surface area (Å²) in [6, 6.07) is 4.79. The van der Waals surface area contributed by atoms with Gasteiger partial charge in [-0.1, -0.05) is 0 Å². The monoisotopic (exact) mass is 235 g/mol. The molecule has 0 saturated heterocycles. The van der Waals surface area contributed by atoms with Crippen LogP contribution in [0.2, 0.25) is 0 Å². The molecule has 5 heteroatoms. The summed E-state index contributed by atoms with van der Waals surface area (Å²) in [5.74, 6) is 1.67. The van der Waals surface area contributed by atoms with E-state index in [0.717, 1.165) is 5.39 Å². The molecule has 0 saturated carbocycles. The van der Waals surface area contributed by atoms with Crippen molar-refractivity contribution < 1.29 is 14.2 Å². The van der Waals surface area contributed by atoms with Gasteiger partial charge in [0.1, 0.15) is 5.75 Å². The maximum atomic E-state index is 11.3. The van der Waals surface area contributed by atoms with E-state index in [2.05, 4.69) is 4.98 Å². The third-order valence-corrected chi connectivity index (χ3v) is 2.54. The summed E-state index contributed by atoms with van der Waals surface area (Å²) >= 11 is 0. The summed E-state index contributed by atoms with van der Waals surface area (Å²) in [5, 5.41) is 0.739. The van der Waals surface area contributed by atoms with Gasteiger partial charge in [0.05, 0.1) is 26.8 Å². The molecule has 0 aliphatic carbocycles. The first-order valence-electron chi connectivity index (χ1n) is 5.03. The van der Waals surface area contributed by atoms with Gasteiger partial charge in [-0.15, -0.1) is 0 Å². The van der Waals surface area contributed by atoms with Crippen LogP contribution >= 0.6 is 0 Å². The lowest BCUT2D eigenvalue weighted by atomic mass is 10.1. The maximum absolute atomic E-state index is 11.3. The lowest BCUT2D eigenvalue weighted by molar-refractivity contribution is 0.353. The summed E-state index contributed by atoms with van der Waals surface area (Å²) in [6.45, 7) is 0. The van der Waals surface area contributed by atoms with Crippen LogP contribution in [-0.2, 0) is 0 Å². The Labute approximate surface area is 97.9 Å². The molecule has 5 nitrogen and oxygen atoms in total. The van der Waals surface area contributed by atoms with E-state index in [1.165, 1.54) is 13.2 Å². The molecular formula is C12H13NO4. The van der Waals surface area contributed by atoms with Crippen LogP contribution in [0.4, 0.5) is 0 Å². The van der Waals surface area contributed by atoms with Crippen molar-refractivity contribution in [2.24, 2.45) is 0 Å². The van der Waals surface area contributed by atoms with Gasteiger partial charge in [0, 0.05) is 17.5 Å². The van der Waals surface area contributed by atoms with Crippen LogP contribution in [0.15, 0.2) is 23.0 Å². The Morgan fingerprint density at radius 2 is 1.71 bits per heavy atom. The molecule has 0 spiro atoms. The number of nitrogens with one attached hydrogen (secondary N) is 1. The van der Waals surface area contributed by atoms with Crippen molar-refractivity contribution in [1.82, 2.24) is 4.98 Å². The van der Waals surface area contributed by atoms with E-state index in [1.54, 1.807) is 26.4 Å². The normalized spacial score (nSPS) is 10.3. The smallest absolute Gasteiger partial charge is 0.248 e. The first kappa shape index (κ1) is 11.3. The Hall–Kier alpha value is -2.17. The summed E-state index contributed by atoms with van der Waals surface area (Å²) in [7, 11) is 4.63. The fourth-order valence-electron chi connectivity index (χ4n) is 1.77. The van der Waals surface area contributed by atoms with Gasteiger partial charge >= 0.3 is 0 Å². The van der Waals surface area contributed by atoms with E-state index in [1.807, 2.05) is 0 Å². The molecule has 0 unspecified atom stereocenters. The van der Waals surface area contributed by atoms with Crippen LogP contribution in [0.25, 0.3) is 10.9 Å². The van der Waals surface area contributed by atoms with Crippen LogP contribution in [0.5, 0.6) is 17.2 Å². The minimum Gasteiger partial charge on any atom is -0.494 e. The van der Waals surface area contributed by atoms with Crippen LogP contribution in [-0.4, -0.2) is 26.3 Å². The molecule has 0 amide bonds. The molecule has 2 aromatic rings. The van der Waals surface area contributed by atoms with Gasteiger partial charge in [-0.05, 0) is 6.07 Å². The number of pyridine rings is 1. The molecule has 17 heavy (non-hydrogen) atoms. The minimum atomic E-state index is -0.192. The van der Waals surface area contributed by atoms with Crippen molar-refractivity contribution in [3.63, 3.8) is 0 Å². The number of methoxy groups -OCH3 is 3. The van der Waals surface area contributed by atoms with Crippen molar-refractivity contribution in [2.75, 3.05) is 21.3 Å². The standard InChI is InChI=1S/C12H13NO4/c1-15-8-6-9(16-2)12(17-3)7-4-5-10(14)13-11(7)8/h4-6H,1-3H3,(H,13,14). The number of H-pyrrole nitrogens is 1. The van der Waals surface area contributed by atoms with E-state index in [-0.39, 0.29) is 5.56 Å². The molecule has 2 rings (SSSR count). The third kappa shape index (κ3) is 1.80. The summed E-state index contributed by atoms with van der Waals surface area (Å²) < 4.78 is 15.7. The molecule has 1 N–H and O–H groups in total. The highest BCUT2D eigenvalue weighted by molar-refractivity contribution is 5.92. The van der Waals surface area contributed by atoms with Crippen LogP contribution < -0.4 is 19.8 Å². The Morgan fingerprint density at radius 1 is 1.00 bits per heavy atom. The first-order valence-corrected chi connectivity index (χ1v) is 5.03. The zero-order valence-electron chi connectivity index (χ0n) is 9.87. The fourth-order valence-corrected chi connectivity index (χ4v) is 1.77. The highest BCUT2D eigenvalue weighted by Crippen LogP contribution is 2.39. The van der Waals surface area contributed by atoms with E-state index >= 15 is 0 Å². The van der Waals surface area contributed by atoms with Crippen molar-refractivity contribution >= 4 is 10.9 Å². The Bertz CT molecular complexity index is 603. The van der Waals surface area contributed by atoms with Crippen molar-refractivity contribution in [2.45, 2.75) is 0 Å². The SMILES string of the molecule is COc1cc(OC)c2[nH]c(=O)ccc2c1OC. The third-order valence-electron chi connectivity index (χ3n) is 2.54. The molecule has 0 aliphatic rings. The van der Waals surface area contributed by atoms with E-state index in [9.17, 15) is 4.79 Å². The summed E-state index contributed by atoms with van der Waals surface area (Å²) in [6.07, 6.45) is 0. The molecule has 0 fully saturated rings. The number of hydrogen-bond donors (Lipinski definition) is 1. The summed E-state index contributed by atoms with van der Waals surface area (Å²) in [4.78, 5) is 14.0. The fraction of sp³-hybridized carbons (Fsp3) is 0.250. The number of rotatable bonds is 3. The van der Waals surface area contributed by atoms with Crippen LogP contribution in [0.1, 0.15) is 0 Å². The second kappa shape index (κ2) is 4.37. The lowest BCUT2D eigenvalue weighted by Gasteiger charge is -2.13. The highest BCUT2D eigenvalue weighted by Gasteiger charge is 2.14. The zero-order valence-corrected chi connectivity index (χ0v) is 9.87. The Kier molecular flexibility index (Phi) is 2.91. The molecular weight excluding hydrogens is 222 g/mol. The number of aromatic amines is 1. The molecule has 1 heterocycles. The molecule has 0 radical (unpaired) electrons. The number of aromatic nitrogens is 1. The van der Waals surface area contributed by atoms with Crippen molar-refractivity contribution in [3.8, 4) is 17.2 Å². The second-order valence-corrected chi connectivity index (χ2v) is 3.43. The van der Waals surface area contributed by atoms with Gasteiger partial charge in [0.25, 0.3) is 0 Å². The predicted octanol–water partition coefficient (Wildman–Crippen LogP) is 1.55. The van der Waals surface area contributed by atoms with E-state index < -0.39 is 0 Å². The van der Waals surface area contributed by atoms with Gasteiger partial charge in [-0.2, -0.15) is 0 Å². The van der Waals surface area contributed by atoms with E-state index in [4.69, 9.17) is 14.2 Å². The second-order valence-electron chi connectivity index (χ2n) is 3.43. The van der Waals surface area contributed by atoms with Crippen molar-refractivity contribution in [3.05, 3.63) is 28.6 Å². The van der Waals surface area contributed by atoms with Gasteiger partial charge in [-0.25, -0.2) is 0 Å². The lowest BCUT2D eigenvalue weighted by Crippen LogP contribution is -2.05. The molecule has 90 valence electrons. The topological polar surface area (TPSA) is 60.5 Å². The molecule has 1 aromatic carbocycles. The van der Waals surface area contributed by atoms with Gasteiger partial charge < -0.3 is 19.2 Å². The average molecular weight is 235 g/mol. The number of fused-ring (bicyclic) bond motifs is 1. The number of benzene rings is 1. The van der Waals surface area contributed by atoms with Crippen molar-refractivity contribution in [1.29, 1.82) is 0 Å².